The highest BCUT2D eigenvalue weighted by molar-refractivity contribution is 5.58. The van der Waals surface area contributed by atoms with Crippen molar-refractivity contribution >= 4 is 5.69 Å². The van der Waals surface area contributed by atoms with E-state index < -0.39 is 11.8 Å². The third-order valence-corrected chi connectivity index (χ3v) is 4.00. The lowest BCUT2D eigenvalue weighted by Crippen LogP contribution is -2.46. The second kappa shape index (κ2) is 5.90. The first-order valence-corrected chi connectivity index (χ1v) is 7.23. The van der Waals surface area contributed by atoms with Crippen LogP contribution in [0.25, 0.3) is 0 Å². The summed E-state index contributed by atoms with van der Waals surface area (Å²) < 4.78 is 57.0. The largest absolute Gasteiger partial charge is 0.472 e. The molecule has 0 aliphatic carbocycles. The van der Waals surface area contributed by atoms with Gasteiger partial charge in [-0.15, -0.1) is 0 Å². The van der Waals surface area contributed by atoms with Gasteiger partial charge in [-0.1, -0.05) is 18.2 Å². The average molecular weight is 339 g/mol. The van der Waals surface area contributed by atoms with Crippen LogP contribution in [0.2, 0.25) is 0 Å². The van der Waals surface area contributed by atoms with Gasteiger partial charge in [-0.3, -0.25) is 0 Å². The second-order valence-electron chi connectivity index (χ2n) is 5.50. The first-order chi connectivity index (χ1) is 11.4. The molecule has 0 amide bonds. The van der Waals surface area contributed by atoms with Crippen LogP contribution in [0.15, 0.2) is 42.5 Å². The number of nitrogen functional groups attached to an aromatic ring is 1. The van der Waals surface area contributed by atoms with E-state index in [9.17, 15) is 13.2 Å². The van der Waals surface area contributed by atoms with E-state index in [2.05, 4.69) is 0 Å². The van der Waals surface area contributed by atoms with Gasteiger partial charge in [0.2, 0.25) is 5.60 Å². The Morgan fingerprint density at radius 3 is 2.46 bits per heavy atom. The number of hydrogen-bond donors (Lipinski definition) is 1. The minimum atomic E-state index is -4.60. The summed E-state index contributed by atoms with van der Waals surface area (Å²) in [6.45, 7) is 0.0161. The van der Waals surface area contributed by atoms with Crippen molar-refractivity contribution in [3.8, 4) is 11.5 Å². The van der Waals surface area contributed by atoms with Crippen molar-refractivity contribution in [3.63, 3.8) is 0 Å². The molecule has 0 spiro atoms. The number of ether oxygens (including phenoxy) is 3. The number of benzene rings is 2. The maximum absolute atomic E-state index is 13.9. The van der Waals surface area contributed by atoms with E-state index in [0.717, 1.165) is 0 Å². The fourth-order valence-corrected chi connectivity index (χ4v) is 2.77. The maximum Gasteiger partial charge on any atom is 0.432 e. The second-order valence-corrected chi connectivity index (χ2v) is 5.50. The lowest BCUT2D eigenvalue weighted by Gasteiger charge is -2.31. The standard InChI is InChI=1S/C17H16F3NO3/c1-22-10-23-12-7-5-11(6-8-12)16(17(18,19)20)9-13-14(21)3-2-4-15(13)24-16/h2-8H,9-10,21H2,1H3. The molecular formula is C17H16F3NO3. The molecule has 1 aliphatic rings. The predicted molar refractivity (Wildman–Crippen MR) is 81.9 cm³/mol. The highest BCUT2D eigenvalue weighted by atomic mass is 19.4. The van der Waals surface area contributed by atoms with E-state index in [1.807, 2.05) is 0 Å². The topological polar surface area (TPSA) is 53.7 Å². The number of methoxy groups -OCH3 is 1. The third-order valence-electron chi connectivity index (χ3n) is 4.00. The van der Waals surface area contributed by atoms with Crippen LogP contribution in [-0.4, -0.2) is 20.1 Å². The molecule has 2 aromatic rings. The quantitative estimate of drug-likeness (QED) is 0.682. The van der Waals surface area contributed by atoms with Crippen molar-refractivity contribution in [3.05, 3.63) is 53.6 Å². The van der Waals surface area contributed by atoms with Gasteiger partial charge in [0.15, 0.2) is 6.79 Å². The molecule has 0 bridgehead atoms. The molecule has 7 heteroatoms. The van der Waals surface area contributed by atoms with Crippen LogP contribution in [0.1, 0.15) is 11.1 Å². The number of nitrogens with two attached hydrogens (primary N) is 1. The number of hydrogen-bond acceptors (Lipinski definition) is 4. The molecule has 0 radical (unpaired) electrons. The van der Waals surface area contributed by atoms with E-state index in [1.54, 1.807) is 12.1 Å². The summed E-state index contributed by atoms with van der Waals surface area (Å²) in [4.78, 5) is 0. The summed E-state index contributed by atoms with van der Waals surface area (Å²) in [5, 5.41) is 0. The number of fused-ring (bicyclic) bond motifs is 1. The first-order valence-electron chi connectivity index (χ1n) is 7.23. The third kappa shape index (κ3) is 2.65. The SMILES string of the molecule is COCOc1ccc(C2(C(F)(F)F)Cc3c(N)cccc3O2)cc1. The van der Waals surface area contributed by atoms with Crippen LogP contribution in [0.5, 0.6) is 11.5 Å². The van der Waals surface area contributed by atoms with Gasteiger partial charge in [-0.05, 0) is 24.3 Å². The highest BCUT2D eigenvalue weighted by Crippen LogP contribution is 2.52. The molecule has 1 unspecified atom stereocenters. The van der Waals surface area contributed by atoms with Crippen LogP contribution in [0.4, 0.5) is 18.9 Å². The minimum Gasteiger partial charge on any atom is -0.472 e. The monoisotopic (exact) mass is 339 g/mol. The van der Waals surface area contributed by atoms with Gasteiger partial charge in [-0.2, -0.15) is 13.2 Å². The Morgan fingerprint density at radius 2 is 1.88 bits per heavy atom. The van der Waals surface area contributed by atoms with Gasteiger partial charge in [0, 0.05) is 30.3 Å². The van der Waals surface area contributed by atoms with Crippen molar-refractivity contribution in [2.24, 2.45) is 0 Å². The molecule has 4 nitrogen and oxygen atoms in total. The van der Waals surface area contributed by atoms with E-state index in [4.69, 9.17) is 19.9 Å². The molecule has 0 saturated heterocycles. The van der Waals surface area contributed by atoms with E-state index in [0.29, 0.717) is 17.0 Å². The Kier molecular flexibility index (Phi) is 4.04. The first kappa shape index (κ1) is 16.4. The Labute approximate surface area is 136 Å². The number of rotatable bonds is 4. The van der Waals surface area contributed by atoms with Crippen molar-refractivity contribution in [1.82, 2.24) is 0 Å². The van der Waals surface area contributed by atoms with Crippen molar-refractivity contribution in [2.45, 2.75) is 18.2 Å². The molecule has 2 aromatic carbocycles. The molecule has 2 N–H and O–H groups in total. The molecule has 128 valence electrons. The lowest BCUT2D eigenvalue weighted by molar-refractivity contribution is -0.248. The average Bonchev–Trinajstić information content (AvgIpc) is 2.96. The van der Waals surface area contributed by atoms with Crippen LogP contribution < -0.4 is 15.2 Å². The molecule has 1 aliphatic heterocycles. The normalized spacial score (nSPS) is 19.7. The molecule has 1 atom stereocenters. The van der Waals surface area contributed by atoms with Gasteiger partial charge >= 0.3 is 6.18 Å². The number of halogens is 3. The van der Waals surface area contributed by atoms with Gasteiger partial charge in [0.1, 0.15) is 11.5 Å². The molecule has 0 fully saturated rings. The molecule has 0 saturated carbocycles. The van der Waals surface area contributed by atoms with Crippen molar-refractivity contribution in [1.29, 1.82) is 0 Å². The van der Waals surface area contributed by atoms with Gasteiger partial charge in [-0.25, -0.2) is 0 Å². The Morgan fingerprint density at radius 1 is 1.17 bits per heavy atom. The fourth-order valence-electron chi connectivity index (χ4n) is 2.77. The zero-order chi connectivity index (χ0) is 17.4. The molecule has 1 heterocycles. The van der Waals surface area contributed by atoms with Gasteiger partial charge in [0.05, 0.1) is 0 Å². The maximum atomic E-state index is 13.9. The molecule has 0 aromatic heterocycles. The minimum absolute atomic E-state index is 0.00429. The zero-order valence-electron chi connectivity index (χ0n) is 12.9. The van der Waals surface area contributed by atoms with Crippen LogP contribution >= 0.6 is 0 Å². The summed E-state index contributed by atoms with van der Waals surface area (Å²) in [5.74, 6) is 0.569. The summed E-state index contributed by atoms with van der Waals surface area (Å²) >= 11 is 0. The predicted octanol–water partition coefficient (Wildman–Crippen LogP) is 3.64. The van der Waals surface area contributed by atoms with Crippen LogP contribution in [-0.2, 0) is 16.8 Å². The highest BCUT2D eigenvalue weighted by Gasteiger charge is 2.61. The van der Waals surface area contributed by atoms with Crippen LogP contribution in [0, 0.1) is 0 Å². The van der Waals surface area contributed by atoms with Crippen molar-refractivity contribution in [2.75, 3.05) is 19.6 Å². The van der Waals surface area contributed by atoms with E-state index in [-0.39, 0.29) is 24.5 Å². The molecular weight excluding hydrogens is 323 g/mol. The summed E-state index contributed by atoms with van der Waals surface area (Å²) in [6, 6.07) is 10.2. The Hall–Kier alpha value is -2.41. The van der Waals surface area contributed by atoms with Gasteiger partial charge in [0.25, 0.3) is 0 Å². The number of anilines is 1. The summed E-state index contributed by atoms with van der Waals surface area (Å²) in [7, 11) is 1.46. The van der Waals surface area contributed by atoms with E-state index >= 15 is 0 Å². The number of alkyl halides is 3. The summed E-state index contributed by atoms with van der Waals surface area (Å²) in [6.07, 6.45) is -4.97. The van der Waals surface area contributed by atoms with Crippen LogP contribution in [0.3, 0.4) is 0 Å². The lowest BCUT2D eigenvalue weighted by atomic mass is 9.88. The Bertz CT molecular complexity index is 731. The van der Waals surface area contributed by atoms with E-state index in [1.165, 1.54) is 37.4 Å². The zero-order valence-corrected chi connectivity index (χ0v) is 12.9. The molecule has 24 heavy (non-hydrogen) atoms. The molecule has 3 rings (SSSR count). The summed E-state index contributed by atoms with van der Waals surface area (Å²) in [5.41, 5.74) is 4.01. The van der Waals surface area contributed by atoms with Gasteiger partial charge < -0.3 is 19.9 Å². The van der Waals surface area contributed by atoms with Crippen molar-refractivity contribution < 1.29 is 27.4 Å². The Balaban J connectivity index is 1.99. The smallest absolute Gasteiger partial charge is 0.432 e. The fraction of sp³-hybridized carbons (Fsp3) is 0.294.